The Bertz CT molecular complexity index is 1020. The molecule has 1 aromatic carbocycles. The lowest BCUT2D eigenvalue weighted by Gasteiger charge is -2.22. The summed E-state index contributed by atoms with van der Waals surface area (Å²) >= 11 is 6.22. The SMILES string of the molecule is CCCn1c(CN(CCC(C)C)C(=O)/C=C/c2ccccc2Cl)nc2cccnc21. The Balaban J connectivity index is 1.87. The zero-order valence-electron chi connectivity index (χ0n) is 17.9. The van der Waals surface area contributed by atoms with Gasteiger partial charge in [0.1, 0.15) is 11.3 Å². The number of imidazole rings is 1. The van der Waals surface area contributed by atoms with Crippen molar-refractivity contribution in [3.8, 4) is 0 Å². The molecule has 0 aliphatic carbocycles. The molecular formula is C24H29ClN4O. The monoisotopic (exact) mass is 424 g/mol. The van der Waals surface area contributed by atoms with Crippen LogP contribution in [-0.4, -0.2) is 31.9 Å². The zero-order chi connectivity index (χ0) is 21.5. The lowest BCUT2D eigenvalue weighted by Crippen LogP contribution is -2.32. The fraction of sp³-hybridized carbons (Fsp3) is 0.375. The Morgan fingerprint density at radius 1 is 1.23 bits per heavy atom. The van der Waals surface area contributed by atoms with Crippen LogP contribution in [0.2, 0.25) is 5.02 Å². The molecule has 1 amide bonds. The molecule has 0 bridgehead atoms. The lowest BCUT2D eigenvalue weighted by molar-refractivity contribution is -0.126. The quantitative estimate of drug-likeness (QED) is 0.421. The molecule has 5 nitrogen and oxygen atoms in total. The highest BCUT2D eigenvalue weighted by molar-refractivity contribution is 6.32. The van der Waals surface area contributed by atoms with E-state index in [9.17, 15) is 4.79 Å². The van der Waals surface area contributed by atoms with E-state index in [0.29, 0.717) is 24.0 Å². The largest absolute Gasteiger partial charge is 0.332 e. The van der Waals surface area contributed by atoms with Crippen LogP contribution in [0.15, 0.2) is 48.7 Å². The molecule has 0 aliphatic heterocycles. The van der Waals surface area contributed by atoms with Gasteiger partial charge in [-0.2, -0.15) is 0 Å². The fourth-order valence-electron chi connectivity index (χ4n) is 3.31. The minimum absolute atomic E-state index is 0.0429. The molecule has 0 spiro atoms. The van der Waals surface area contributed by atoms with Gasteiger partial charge in [-0.05, 0) is 48.6 Å². The van der Waals surface area contributed by atoms with Crippen molar-refractivity contribution in [3.05, 3.63) is 65.1 Å². The number of fused-ring (bicyclic) bond motifs is 1. The number of rotatable bonds is 9. The number of carbonyl (C=O) groups is 1. The van der Waals surface area contributed by atoms with Gasteiger partial charge in [-0.25, -0.2) is 9.97 Å². The number of nitrogens with zero attached hydrogens (tertiary/aromatic N) is 4. The normalized spacial score (nSPS) is 11.6. The van der Waals surface area contributed by atoms with Crippen molar-refractivity contribution in [1.29, 1.82) is 0 Å². The van der Waals surface area contributed by atoms with Crippen LogP contribution in [0.4, 0.5) is 0 Å². The van der Waals surface area contributed by atoms with E-state index in [1.54, 1.807) is 18.3 Å². The molecule has 0 aliphatic rings. The molecule has 0 unspecified atom stereocenters. The third-order valence-electron chi connectivity index (χ3n) is 4.96. The maximum atomic E-state index is 13.1. The molecule has 2 heterocycles. The van der Waals surface area contributed by atoms with E-state index in [0.717, 1.165) is 41.9 Å². The standard InChI is InChI=1S/C24H29ClN4O/c1-4-15-29-22(27-21-10-7-14-26-24(21)29)17-28(16-13-18(2)3)23(30)12-11-19-8-5-6-9-20(19)25/h5-12,14,18H,4,13,15-17H2,1-3H3/b12-11+. The number of amides is 1. The number of carbonyl (C=O) groups excluding carboxylic acids is 1. The average molecular weight is 425 g/mol. The van der Waals surface area contributed by atoms with Gasteiger partial charge in [0.25, 0.3) is 0 Å². The van der Waals surface area contributed by atoms with Crippen LogP contribution in [0.1, 0.15) is 45.0 Å². The number of halogens is 1. The average Bonchev–Trinajstić information content (AvgIpc) is 3.07. The van der Waals surface area contributed by atoms with Crippen molar-refractivity contribution in [2.75, 3.05) is 6.54 Å². The van der Waals surface area contributed by atoms with Crippen LogP contribution in [-0.2, 0) is 17.9 Å². The summed E-state index contributed by atoms with van der Waals surface area (Å²) in [6, 6.07) is 11.4. The van der Waals surface area contributed by atoms with Crippen LogP contribution in [0.5, 0.6) is 0 Å². The maximum Gasteiger partial charge on any atom is 0.246 e. The summed E-state index contributed by atoms with van der Waals surface area (Å²) in [5.41, 5.74) is 2.57. The summed E-state index contributed by atoms with van der Waals surface area (Å²) < 4.78 is 2.13. The van der Waals surface area contributed by atoms with Crippen molar-refractivity contribution < 1.29 is 4.79 Å². The summed E-state index contributed by atoms with van der Waals surface area (Å²) in [4.78, 5) is 24.2. The third-order valence-corrected chi connectivity index (χ3v) is 5.31. The highest BCUT2D eigenvalue weighted by Gasteiger charge is 2.18. The number of hydrogen-bond donors (Lipinski definition) is 0. The number of pyridine rings is 1. The first-order valence-electron chi connectivity index (χ1n) is 10.5. The van der Waals surface area contributed by atoms with E-state index in [4.69, 9.17) is 16.6 Å². The van der Waals surface area contributed by atoms with Crippen LogP contribution < -0.4 is 0 Å². The Labute approximate surface area is 183 Å². The highest BCUT2D eigenvalue weighted by atomic mass is 35.5. The predicted molar refractivity (Wildman–Crippen MR) is 123 cm³/mol. The maximum absolute atomic E-state index is 13.1. The highest BCUT2D eigenvalue weighted by Crippen LogP contribution is 2.19. The molecule has 0 atom stereocenters. The van der Waals surface area contributed by atoms with Gasteiger partial charge < -0.3 is 9.47 Å². The van der Waals surface area contributed by atoms with Gasteiger partial charge in [0, 0.05) is 30.4 Å². The van der Waals surface area contributed by atoms with Gasteiger partial charge in [0.15, 0.2) is 5.65 Å². The smallest absolute Gasteiger partial charge is 0.246 e. The van der Waals surface area contributed by atoms with Crippen molar-refractivity contribution in [1.82, 2.24) is 19.4 Å². The topological polar surface area (TPSA) is 51.0 Å². The molecule has 3 aromatic rings. The fourth-order valence-corrected chi connectivity index (χ4v) is 3.51. The third kappa shape index (κ3) is 5.48. The minimum atomic E-state index is -0.0429. The number of aromatic nitrogens is 3. The molecule has 0 N–H and O–H groups in total. The molecule has 0 fully saturated rings. The van der Waals surface area contributed by atoms with Gasteiger partial charge >= 0.3 is 0 Å². The first kappa shape index (κ1) is 22.0. The summed E-state index contributed by atoms with van der Waals surface area (Å²) in [5.74, 6) is 1.33. The van der Waals surface area contributed by atoms with Crippen molar-refractivity contribution >= 4 is 34.7 Å². The number of benzene rings is 1. The van der Waals surface area contributed by atoms with Gasteiger partial charge in [-0.3, -0.25) is 4.79 Å². The summed E-state index contributed by atoms with van der Waals surface area (Å²) in [6.45, 7) is 8.41. The Morgan fingerprint density at radius 2 is 2.03 bits per heavy atom. The second-order valence-corrected chi connectivity index (χ2v) is 8.23. The van der Waals surface area contributed by atoms with Crippen LogP contribution in [0.25, 0.3) is 17.2 Å². The van der Waals surface area contributed by atoms with E-state index < -0.39 is 0 Å². The van der Waals surface area contributed by atoms with Crippen molar-refractivity contribution in [2.45, 2.75) is 46.7 Å². The van der Waals surface area contributed by atoms with E-state index >= 15 is 0 Å². The zero-order valence-corrected chi connectivity index (χ0v) is 18.6. The molecular weight excluding hydrogens is 396 g/mol. The lowest BCUT2D eigenvalue weighted by atomic mass is 10.1. The van der Waals surface area contributed by atoms with Crippen molar-refractivity contribution in [2.24, 2.45) is 5.92 Å². The van der Waals surface area contributed by atoms with E-state index in [-0.39, 0.29) is 5.91 Å². The number of aryl methyl sites for hydroxylation is 1. The van der Waals surface area contributed by atoms with Crippen LogP contribution in [0.3, 0.4) is 0 Å². The van der Waals surface area contributed by atoms with Gasteiger partial charge in [-0.15, -0.1) is 0 Å². The van der Waals surface area contributed by atoms with Crippen LogP contribution >= 0.6 is 11.6 Å². The Kier molecular flexibility index (Phi) is 7.63. The van der Waals surface area contributed by atoms with Gasteiger partial charge in [-0.1, -0.05) is 50.6 Å². The molecule has 0 saturated carbocycles. The van der Waals surface area contributed by atoms with Crippen LogP contribution in [0, 0.1) is 5.92 Å². The minimum Gasteiger partial charge on any atom is -0.332 e. The number of hydrogen-bond acceptors (Lipinski definition) is 3. The first-order chi connectivity index (χ1) is 14.5. The Morgan fingerprint density at radius 3 is 2.77 bits per heavy atom. The van der Waals surface area contributed by atoms with Crippen molar-refractivity contribution in [3.63, 3.8) is 0 Å². The summed E-state index contributed by atoms with van der Waals surface area (Å²) in [7, 11) is 0. The molecule has 30 heavy (non-hydrogen) atoms. The molecule has 0 radical (unpaired) electrons. The first-order valence-corrected chi connectivity index (χ1v) is 10.9. The van der Waals surface area contributed by atoms with Gasteiger partial charge in [0.05, 0.1) is 6.54 Å². The molecule has 158 valence electrons. The molecule has 0 saturated heterocycles. The second-order valence-electron chi connectivity index (χ2n) is 7.82. The summed E-state index contributed by atoms with van der Waals surface area (Å²) in [5, 5.41) is 0.631. The Hall–Kier alpha value is -2.66. The molecule has 6 heteroatoms. The molecule has 3 rings (SSSR count). The second kappa shape index (κ2) is 10.4. The van der Waals surface area contributed by atoms with Gasteiger partial charge in [0.2, 0.25) is 5.91 Å². The molecule has 2 aromatic heterocycles. The van der Waals surface area contributed by atoms with E-state index in [2.05, 4.69) is 30.3 Å². The van der Waals surface area contributed by atoms with E-state index in [1.807, 2.05) is 41.3 Å². The summed E-state index contributed by atoms with van der Waals surface area (Å²) in [6.07, 6.45) is 7.07. The van der Waals surface area contributed by atoms with E-state index in [1.165, 1.54) is 0 Å². The predicted octanol–water partition coefficient (Wildman–Crippen LogP) is 5.58.